The Morgan fingerprint density at radius 2 is 2.05 bits per heavy atom. The minimum atomic E-state index is -0.667. The van der Waals surface area contributed by atoms with Crippen LogP contribution in [0.25, 0.3) is 11.5 Å². The normalized spacial score (nSPS) is 10.6. The summed E-state index contributed by atoms with van der Waals surface area (Å²) in [5, 5.41) is 21.9. The molecule has 0 saturated carbocycles. The Labute approximate surface area is 112 Å². The third-order valence-electron chi connectivity index (χ3n) is 2.47. The molecule has 0 aliphatic heterocycles. The molecule has 0 aliphatic rings. The molecule has 2 heterocycles. The summed E-state index contributed by atoms with van der Waals surface area (Å²) in [6.45, 7) is 0.126. The van der Waals surface area contributed by atoms with Crippen LogP contribution in [-0.4, -0.2) is 29.9 Å². The summed E-state index contributed by atoms with van der Waals surface area (Å²) in [7, 11) is 0. The molecule has 0 amide bonds. The molecule has 0 radical (unpaired) electrons. The van der Waals surface area contributed by atoms with Gasteiger partial charge in [0.15, 0.2) is 0 Å². The zero-order chi connectivity index (χ0) is 13.9. The van der Waals surface area contributed by atoms with Crippen molar-refractivity contribution in [2.75, 3.05) is 0 Å². The van der Waals surface area contributed by atoms with Crippen molar-refractivity contribution in [1.82, 2.24) is 25.0 Å². The van der Waals surface area contributed by atoms with Crippen LogP contribution in [0.2, 0.25) is 0 Å². The van der Waals surface area contributed by atoms with Crippen molar-refractivity contribution >= 4 is 5.95 Å². The van der Waals surface area contributed by atoms with Gasteiger partial charge in [0.05, 0.1) is 0 Å². The van der Waals surface area contributed by atoms with Gasteiger partial charge in [-0.25, -0.2) is 0 Å². The lowest BCUT2D eigenvalue weighted by atomic mass is 10.2. The van der Waals surface area contributed by atoms with Gasteiger partial charge < -0.3 is 14.5 Å². The lowest BCUT2D eigenvalue weighted by Gasteiger charge is -1.92. The predicted octanol–water partition coefficient (Wildman–Crippen LogP) is 1.28. The maximum absolute atomic E-state index is 10.5. The van der Waals surface area contributed by atoms with Gasteiger partial charge in [-0.15, -0.1) is 10.2 Å². The molecule has 0 spiro atoms. The van der Waals surface area contributed by atoms with Gasteiger partial charge in [-0.1, -0.05) is 23.2 Å². The largest absolute Gasteiger partial charge is 0.490 e. The Hall–Kier alpha value is -3.10. The third kappa shape index (κ3) is 2.36. The molecule has 0 atom stereocenters. The fourth-order valence-electron chi connectivity index (χ4n) is 1.60. The lowest BCUT2D eigenvalue weighted by molar-refractivity contribution is -0.394. The average molecular weight is 272 g/mol. The number of nitro groups is 1. The van der Waals surface area contributed by atoms with Crippen LogP contribution in [0.5, 0.6) is 0 Å². The maximum Gasteiger partial charge on any atom is 0.490 e. The van der Waals surface area contributed by atoms with Gasteiger partial charge in [0, 0.05) is 10.7 Å². The zero-order valence-corrected chi connectivity index (χ0v) is 10.1. The first-order valence-corrected chi connectivity index (χ1v) is 5.64. The summed E-state index contributed by atoms with van der Waals surface area (Å²) in [5.74, 6) is 0.215. The van der Waals surface area contributed by atoms with Crippen molar-refractivity contribution in [1.29, 1.82) is 0 Å². The number of nitrogens with zero attached hydrogens (tertiary/aromatic N) is 6. The predicted molar refractivity (Wildman–Crippen MR) is 65.5 cm³/mol. The van der Waals surface area contributed by atoms with Crippen LogP contribution in [0.4, 0.5) is 5.95 Å². The minimum absolute atomic E-state index is 0.126. The van der Waals surface area contributed by atoms with Crippen LogP contribution in [-0.2, 0) is 6.54 Å². The van der Waals surface area contributed by atoms with Crippen molar-refractivity contribution in [3.8, 4) is 11.5 Å². The van der Waals surface area contributed by atoms with E-state index in [9.17, 15) is 10.1 Å². The van der Waals surface area contributed by atoms with E-state index in [4.69, 9.17) is 4.42 Å². The smallest absolute Gasteiger partial charge is 0.419 e. The summed E-state index contributed by atoms with van der Waals surface area (Å²) < 4.78 is 6.73. The van der Waals surface area contributed by atoms with E-state index in [-0.39, 0.29) is 6.54 Å². The first-order valence-electron chi connectivity index (χ1n) is 5.64. The number of hydrogen-bond acceptors (Lipinski definition) is 7. The van der Waals surface area contributed by atoms with Crippen molar-refractivity contribution in [3.63, 3.8) is 0 Å². The fraction of sp³-hybridized carbons (Fsp3) is 0.0909. The molecule has 1 aromatic carbocycles. The Bertz CT molecular complexity index is 735. The molecular weight excluding hydrogens is 264 g/mol. The molecule has 2 aromatic heterocycles. The second-order valence-corrected chi connectivity index (χ2v) is 3.87. The summed E-state index contributed by atoms with van der Waals surface area (Å²) in [4.78, 5) is 13.3. The fourth-order valence-corrected chi connectivity index (χ4v) is 1.60. The van der Waals surface area contributed by atoms with Crippen molar-refractivity contribution in [3.05, 3.63) is 52.7 Å². The van der Waals surface area contributed by atoms with Crippen molar-refractivity contribution in [2.24, 2.45) is 0 Å². The molecule has 0 unspecified atom stereocenters. The summed E-state index contributed by atoms with van der Waals surface area (Å²) in [5.41, 5.74) is 0.802. The highest BCUT2D eigenvalue weighted by atomic mass is 16.6. The van der Waals surface area contributed by atoms with Gasteiger partial charge >= 0.3 is 5.95 Å². The average Bonchev–Trinajstić information content (AvgIpc) is 3.10. The molecular formula is C11H8N6O3. The quantitative estimate of drug-likeness (QED) is 0.519. The van der Waals surface area contributed by atoms with Crippen LogP contribution in [0.15, 0.2) is 41.1 Å². The monoisotopic (exact) mass is 272 g/mol. The zero-order valence-electron chi connectivity index (χ0n) is 10.1. The van der Waals surface area contributed by atoms with Gasteiger partial charge in [-0.2, -0.15) is 4.68 Å². The lowest BCUT2D eigenvalue weighted by Crippen LogP contribution is -2.01. The first-order chi connectivity index (χ1) is 9.72. The molecule has 100 valence electrons. The Morgan fingerprint density at radius 3 is 2.75 bits per heavy atom. The van der Waals surface area contributed by atoms with E-state index in [0.29, 0.717) is 11.8 Å². The van der Waals surface area contributed by atoms with Crippen molar-refractivity contribution < 1.29 is 9.34 Å². The molecule has 3 rings (SSSR count). The Kier molecular flexibility index (Phi) is 2.92. The molecule has 0 bridgehead atoms. The van der Waals surface area contributed by atoms with Gasteiger partial charge in [-0.05, 0) is 17.1 Å². The summed E-state index contributed by atoms with van der Waals surface area (Å²) in [6.07, 6.45) is 1.24. The standard InChI is InChI=1S/C11H8N6O3/c18-17(19)11-12-7-16(15-11)6-9-13-14-10(20-9)8-4-2-1-3-5-8/h1-5,7H,6H2. The molecule has 0 aliphatic carbocycles. The third-order valence-corrected chi connectivity index (χ3v) is 2.47. The minimum Gasteiger partial charge on any atom is -0.419 e. The molecule has 3 aromatic rings. The van der Waals surface area contributed by atoms with E-state index in [1.807, 2.05) is 30.3 Å². The summed E-state index contributed by atoms with van der Waals surface area (Å²) in [6, 6.07) is 9.30. The van der Waals surface area contributed by atoms with Crippen molar-refractivity contribution in [2.45, 2.75) is 6.54 Å². The number of benzene rings is 1. The maximum atomic E-state index is 10.5. The second kappa shape index (κ2) is 4.88. The van der Waals surface area contributed by atoms with Crippen LogP contribution in [0, 0.1) is 10.1 Å². The number of aromatic nitrogens is 5. The van der Waals surface area contributed by atoms with Gasteiger partial charge in [-0.3, -0.25) is 0 Å². The number of rotatable bonds is 4. The second-order valence-electron chi connectivity index (χ2n) is 3.87. The van der Waals surface area contributed by atoms with E-state index >= 15 is 0 Å². The molecule has 0 fully saturated rings. The topological polar surface area (TPSA) is 113 Å². The van der Waals surface area contributed by atoms with Crippen LogP contribution < -0.4 is 0 Å². The molecule has 20 heavy (non-hydrogen) atoms. The highest BCUT2D eigenvalue weighted by Crippen LogP contribution is 2.17. The Morgan fingerprint density at radius 1 is 1.25 bits per heavy atom. The van der Waals surface area contributed by atoms with Gasteiger partial charge in [0.1, 0.15) is 6.54 Å². The highest BCUT2D eigenvalue weighted by Gasteiger charge is 2.15. The molecule has 9 heteroatoms. The molecule has 0 saturated heterocycles. The van der Waals surface area contributed by atoms with E-state index in [1.165, 1.54) is 11.0 Å². The first kappa shape index (κ1) is 12.0. The number of hydrogen-bond donors (Lipinski definition) is 0. The van der Waals surface area contributed by atoms with E-state index in [0.717, 1.165) is 5.56 Å². The van der Waals surface area contributed by atoms with E-state index in [2.05, 4.69) is 20.3 Å². The summed E-state index contributed by atoms with van der Waals surface area (Å²) >= 11 is 0. The molecule has 9 nitrogen and oxygen atoms in total. The van der Waals surface area contributed by atoms with Gasteiger partial charge in [0.2, 0.25) is 18.1 Å². The van der Waals surface area contributed by atoms with E-state index in [1.54, 1.807) is 0 Å². The molecule has 0 N–H and O–H groups in total. The van der Waals surface area contributed by atoms with Gasteiger partial charge in [0.25, 0.3) is 0 Å². The van der Waals surface area contributed by atoms with E-state index < -0.39 is 10.9 Å². The van der Waals surface area contributed by atoms with Crippen LogP contribution in [0.3, 0.4) is 0 Å². The highest BCUT2D eigenvalue weighted by molar-refractivity contribution is 5.51. The van der Waals surface area contributed by atoms with Crippen LogP contribution >= 0.6 is 0 Å². The SMILES string of the molecule is O=[N+]([O-])c1ncn(Cc2nnc(-c3ccccc3)o2)n1. The Balaban J connectivity index is 1.78. The van der Waals surface area contributed by atoms with Crippen LogP contribution in [0.1, 0.15) is 5.89 Å².